The Bertz CT molecular complexity index is 742. The van der Waals surface area contributed by atoms with Gasteiger partial charge >= 0.3 is 0 Å². The van der Waals surface area contributed by atoms with Gasteiger partial charge in [-0.15, -0.1) is 0 Å². The monoisotopic (exact) mass is 356 g/mol. The van der Waals surface area contributed by atoms with Gasteiger partial charge in [0, 0.05) is 24.4 Å². The molecule has 1 aromatic heterocycles. The minimum Gasteiger partial charge on any atom is -0.355 e. The number of hydrogen-bond acceptors (Lipinski definition) is 3. The number of amides is 2. The first-order chi connectivity index (χ1) is 12.3. The number of carbonyl (C=O) groups excluding carboxylic acids is 2. The highest BCUT2D eigenvalue weighted by molar-refractivity contribution is 5.90. The molecule has 0 spiro atoms. The van der Waals surface area contributed by atoms with Crippen LogP contribution >= 0.6 is 0 Å². The van der Waals surface area contributed by atoms with Crippen LogP contribution in [0.25, 0.3) is 0 Å². The first kappa shape index (κ1) is 19.7. The van der Waals surface area contributed by atoms with Crippen LogP contribution in [0, 0.1) is 5.41 Å². The molecule has 0 aliphatic carbocycles. The molecular formula is C20H28N4O2. The van der Waals surface area contributed by atoms with Crippen LogP contribution in [0.5, 0.6) is 0 Å². The van der Waals surface area contributed by atoms with Crippen molar-refractivity contribution in [3.63, 3.8) is 0 Å². The van der Waals surface area contributed by atoms with Crippen molar-refractivity contribution in [1.29, 1.82) is 0 Å². The quantitative estimate of drug-likeness (QED) is 0.801. The lowest BCUT2D eigenvalue weighted by atomic mass is 9.96. The van der Waals surface area contributed by atoms with Crippen LogP contribution in [0.3, 0.4) is 0 Å². The summed E-state index contributed by atoms with van der Waals surface area (Å²) in [5.41, 5.74) is 1.96. The lowest BCUT2D eigenvalue weighted by Crippen LogP contribution is -2.36. The maximum absolute atomic E-state index is 12.1. The molecule has 0 fully saturated rings. The van der Waals surface area contributed by atoms with Gasteiger partial charge in [-0.25, -0.2) is 4.68 Å². The molecule has 140 valence electrons. The van der Waals surface area contributed by atoms with E-state index in [1.807, 2.05) is 20.8 Å². The Morgan fingerprint density at radius 2 is 1.73 bits per heavy atom. The Morgan fingerprint density at radius 1 is 1.08 bits per heavy atom. The smallest absolute Gasteiger partial charge is 0.227 e. The average molecular weight is 356 g/mol. The predicted octanol–water partition coefficient (Wildman–Crippen LogP) is 2.98. The summed E-state index contributed by atoms with van der Waals surface area (Å²) < 4.78 is 1.76. The van der Waals surface area contributed by atoms with Crippen molar-refractivity contribution in [3.05, 3.63) is 47.7 Å². The zero-order valence-corrected chi connectivity index (χ0v) is 16.0. The Hall–Kier alpha value is -2.63. The average Bonchev–Trinajstić information content (AvgIpc) is 3.01. The maximum atomic E-state index is 12.1. The van der Waals surface area contributed by atoms with Gasteiger partial charge in [0.25, 0.3) is 0 Å². The van der Waals surface area contributed by atoms with E-state index in [0.29, 0.717) is 18.9 Å². The highest BCUT2D eigenvalue weighted by Crippen LogP contribution is 2.13. The van der Waals surface area contributed by atoms with Gasteiger partial charge in [-0.1, -0.05) is 52.0 Å². The molecule has 6 nitrogen and oxygen atoms in total. The van der Waals surface area contributed by atoms with Crippen molar-refractivity contribution in [2.24, 2.45) is 5.41 Å². The van der Waals surface area contributed by atoms with Crippen molar-refractivity contribution < 1.29 is 9.59 Å². The molecule has 0 saturated heterocycles. The molecule has 1 aromatic carbocycles. The van der Waals surface area contributed by atoms with Gasteiger partial charge in [-0.2, -0.15) is 5.10 Å². The number of carbonyl (C=O) groups is 2. The molecule has 0 aliphatic rings. The van der Waals surface area contributed by atoms with E-state index in [1.165, 1.54) is 5.56 Å². The number of hydrogen-bond donors (Lipinski definition) is 2. The number of nitrogens with zero attached hydrogens (tertiary/aromatic N) is 2. The van der Waals surface area contributed by atoms with E-state index in [4.69, 9.17) is 0 Å². The van der Waals surface area contributed by atoms with Crippen molar-refractivity contribution in [1.82, 2.24) is 15.1 Å². The van der Waals surface area contributed by atoms with Gasteiger partial charge in [-0.3, -0.25) is 9.59 Å². The van der Waals surface area contributed by atoms with Crippen LogP contribution in [0.4, 0.5) is 5.82 Å². The molecule has 2 amide bonds. The number of aryl methyl sites for hydroxylation is 1. The van der Waals surface area contributed by atoms with Crippen molar-refractivity contribution >= 4 is 17.6 Å². The molecular weight excluding hydrogens is 328 g/mol. The Labute approximate surface area is 155 Å². The van der Waals surface area contributed by atoms with Gasteiger partial charge in [0.15, 0.2) is 0 Å². The third kappa shape index (κ3) is 5.72. The van der Waals surface area contributed by atoms with E-state index in [0.717, 1.165) is 12.0 Å². The third-order valence-corrected chi connectivity index (χ3v) is 4.07. The molecule has 0 radical (unpaired) electrons. The summed E-state index contributed by atoms with van der Waals surface area (Å²) in [5, 5.41) is 9.91. The number of anilines is 1. The Balaban J connectivity index is 1.87. The van der Waals surface area contributed by atoms with Gasteiger partial charge in [-0.05, 0) is 17.5 Å². The fraction of sp³-hybridized carbons (Fsp3) is 0.450. The highest BCUT2D eigenvalue weighted by Gasteiger charge is 2.20. The topological polar surface area (TPSA) is 76.0 Å². The summed E-state index contributed by atoms with van der Waals surface area (Å²) in [6, 6.07) is 10.1. The van der Waals surface area contributed by atoms with E-state index in [1.54, 1.807) is 16.9 Å². The van der Waals surface area contributed by atoms with Gasteiger partial charge in [0.2, 0.25) is 11.8 Å². The standard InChI is InChI=1S/C20H28N4O2/c1-5-15-6-8-16(9-7-15)14-24-17(10-13-22-24)23-18(25)11-12-21-19(26)20(2,3)4/h6-10,13H,5,11-12,14H2,1-4H3,(H,21,26)(H,23,25). The zero-order valence-electron chi connectivity index (χ0n) is 16.0. The second kappa shape index (κ2) is 8.65. The summed E-state index contributed by atoms with van der Waals surface area (Å²) in [6.07, 6.45) is 2.89. The molecule has 0 atom stereocenters. The van der Waals surface area contributed by atoms with Crippen LogP contribution in [0.2, 0.25) is 0 Å². The van der Waals surface area contributed by atoms with Gasteiger partial charge in [0.05, 0.1) is 12.7 Å². The Kier molecular flexibility index (Phi) is 6.55. The summed E-state index contributed by atoms with van der Waals surface area (Å²) in [4.78, 5) is 23.9. The molecule has 2 rings (SSSR count). The number of benzene rings is 1. The molecule has 6 heteroatoms. The van der Waals surface area contributed by atoms with Crippen LogP contribution in [0.1, 0.15) is 45.2 Å². The summed E-state index contributed by atoms with van der Waals surface area (Å²) in [6.45, 7) is 8.55. The molecule has 0 saturated carbocycles. The fourth-order valence-electron chi connectivity index (χ4n) is 2.38. The summed E-state index contributed by atoms with van der Waals surface area (Å²) >= 11 is 0. The molecule has 0 unspecified atom stereocenters. The summed E-state index contributed by atoms with van der Waals surface area (Å²) in [5.74, 6) is 0.435. The van der Waals surface area contributed by atoms with E-state index in [2.05, 4.69) is 46.9 Å². The molecule has 2 N–H and O–H groups in total. The predicted molar refractivity (Wildman–Crippen MR) is 103 cm³/mol. The first-order valence-corrected chi connectivity index (χ1v) is 8.97. The zero-order chi connectivity index (χ0) is 19.2. The first-order valence-electron chi connectivity index (χ1n) is 8.97. The minimum absolute atomic E-state index is 0.0640. The van der Waals surface area contributed by atoms with E-state index in [9.17, 15) is 9.59 Å². The number of rotatable bonds is 7. The van der Waals surface area contributed by atoms with Crippen LogP contribution < -0.4 is 10.6 Å². The van der Waals surface area contributed by atoms with Gasteiger partial charge < -0.3 is 10.6 Å². The lowest BCUT2D eigenvalue weighted by molar-refractivity contribution is -0.128. The van der Waals surface area contributed by atoms with Crippen LogP contribution in [-0.4, -0.2) is 28.1 Å². The third-order valence-electron chi connectivity index (χ3n) is 4.07. The van der Waals surface area contributed by atoms with E-state index < -0.39 is 5.41 Å². The molecule has 0 aliphatic heterocycles. The fourth-order valence-corrected chi connectivity index (χ4v) is 2.38. The van der Waals surface area contributed by atoms with E-state index in [-0.39, 0.29) is 18.2 Å². The van der Waals surface area contributed by atoms with Crippen LogP contribution in [0.15, 0.2) is 36.5 Å². The second-order valence-electron chi connectivity index (χ2n) is 7.35. The van der Waals surface area contributed by atoms with E-state index >= 15 is 0 Å². The number of nitrogens with one attached hydrogen (secondary N) is 2. The SMILES string of the molecule is CCc1ccc(Cn2nccc2NC(=O)CCNC(=O)C(C)(C)C)cc1. The summed E-state index contributed by atoms with van der Waals surface area (Å²) in [7, 11) is 0. The highest BCUT2D eigenvalue weighted by atomic mass is 16.2. The lowest BCUT2D eigenvalue weighted by Gasteiger charge is -2.17. The molecule has 1 heterocycles. The minimum atomic E-state index is -0.456. The van der Waals surface area contributed by atoms with Crippen LogP contribution in [-0.2, 0) is 22.6 Å². The Morgan fingerprint density at radius 3 is 2.35 bits per heavy atom. The van der Waals surface area contributed by atoms with Crippen molar-refractivity contribution in [2.45, 2.75) is 47.1 Å². The molecule has 26 heavy (non-hydrogen) atoms. The molecule has 0 bridgehead atoms. The van der Waals surface area contributed by atoms with Crippen molar-refractivity contribution in [2.75, 3.05) is 11.9 Å². The van der Waals surface area contributed by atoms with Crippen molar-refractivity contribution in [3.8, 4) is 0 Å². The molecule has 2 aromatic rings. The second-order valence-corrected chi connectivity index (χ2v) is 7.35. The van der Waals surface area contributed by atoms with Gasteiger partial charge in [0.1, 0.15) is 5.82 Å². The largest absolute Gasteiger partial charge is 0.355 e. The maximum Gasteiger partial charge on any atom is 0.227 e. The number of aromatic nitrogens is 2. The normalized spacial score (nSPS) is 11.2.